The fourth-order valence-corrected chi connectivity index (χ4v) is 3.96. The fourth-order valence-electron chi connectivity index (χ4n) is 2.24. The van der Waals surface area contributed by atoms with Gasteiger partial charge in [-0.15, -0.1) is 0 Å². The van der Waals surface area contributed by atoms with Crippen LogP contribution in [0.1, 0.15) is 27.2 Å². The molecule has 2 aliphatic rings. The molecule has 1 fully saturated rings. The van der Waals surface area contributed by atoms with Crippen molar-refractivity contribution in [1.82, 2.24) is 0 Å². The molecule has 0 aromatic heterocycles. The number of hydrogen-bond acceptors (Lipinski definition) is 4. The van der Waals surface area contributed by atoms with E-state index in [9.17, 15) is 9.59 Å². The number of rotatable bonds is 3. The largest absolute Gasteiger partial charge is 0.465 e. The number of carbonyl (C=O) groups is 2. The highest BCUT2D eigenvalue weighted by atomic mass is 32.2. The monoisotopic (exact) mass is 282 g/mol. The molecule has 0 spiro atoms. The van der Waals surface area contributed by atoms with Crippen molar-refractivity contribution in [3.8, 4) is 0 Å². The van der Waals surface area contributed by atoms with E-state index < -0.39 is 21.9 Å². The van der Waals surface area contributed by atoms with E-state index in [0.29, 0.717) is 18.7 Å². The molecule has 2 heterocycles. The number of allylic oxidation sites excluding steroid dienone is 1. The van der Waals surface area contributed by atoms with Crippen LogP contribution in [-0.2, 0) is 25.0 Å². The van der Waals surface area contributed by atoms with Crippen LogP contribution in [0.5, 0.6) is 0 Å². The Bertz CT molecular complexity index is 508. The Hall–Kier alpha value is -1.30. The first-order valence-electron chi connectivity index (χ1n) is 6.40. The van der Waals surface area contributed by atoms with Crippen LogP contribution in [0.25, 0.3) is 0 Å². The Morgan fingerprint density at radius 3 is 2.89 bits per heavy atom. The lowest BCUT2D eigenvalue weighted by molar-refractivity contribution is -0.142. The molecule has 0 aliphatic carbocycles. The molecule has 1 amide bonds. The zero-order valence-corrected chi connectivity index (χ0v) is 12.1. The highest BCUT2D eigenvalue weighted by Crippen LogP contribution is 2.37. The number of nitrogens with one attached hydrogen (secondary N) is 1. The summed E-state index contributed by atoms with van der Waals surface area (Å²) < 4.78 is 13.2. The number of esters is 1. The first-order valence-corrected chi connectivity index (χ1v) is 7.69. The number of aliphatic imine (C=N–C) groups is 1. The molecule has 2 rings (SSSR count). The number of fused-ring (bicyclic) bond motifs is 1. The fraction of sp³-hybridized carbons (Fsp3) is 0.615. The summed E-state index contributed by atoms with van der Waals surface area (Å²) in [5.41, 5.74) is 0.713. The molecule has 0 bridgehead atoms. The molecular weight excluding hydrogens is 264 g/mol. The molecule has 0 saturated carbocycles. The van der Waals surface area contributed by atoms with E-state index in [1.807, 2.05) is 19.9 Å². The summed E-state index contributed by atoms with van der Waals surface area (Å²) in [6.45, 7) is 5.97. The molecule has 3 unspecified atom stereocenters. The van der Waals surface area contributed by atoms with Crippen molar-refractivity contribution in [1.29, 1.82) is 4.78 Å². The first-order chi connectivity index (χ1) is 8.95. The quantitative estimate of drug-likeness (QED) is 0.802. The van der Waals surface area contributed by atoms with Crippen molar-refractivity contribution >= 4 is 28.3 Å². The Morgan fingerprint density at radius 2 is 2.32 bits per heavy atom. The molecular formula is C13H18N2O3S. The van der Waals surface area contributed by atoms with Crippen molar-refractivity contribution in [2.24, 2.45) is 16.8 Å². The number of nitrogens with zero attached hydrogens (tertiary/aromatic N) is 1. The van der Waals surface area contributed by atoms with E-state index in [0.717, 1.165) is 4.91 Å². The molecule has 3 atom stereocenters. The normalized spacial score (nSPS) is 29.9. The second kappa shape index (κ2) is 5.36. The minimum absolute atomic E-state index is 0.149. The van der Waals surface area contributed by atoms with E-state index in [2.05, 4.69) is 4.99 Å². The summed E-state index contributed by atoms with van der Waals surface area (Å²) in [5.74, 6) is -0.818. The summed E-state index contributed by atoms with van der Waals surface area (Å²) in [4.78, 5) is 28.6. The zero-order chi connectivity index (χ0) is 14.2. The molecule has 1 N–H and O–H groups in total. The van der Waals surface area contributed by atoms with Crippen LogP contribution in [0.3, 0.4) is 0 Å². The van der Waals surface area contributed by atoms with Gasteiger partial charge in [0.15, 0.2) is 0 Å². The summed E-state index contributed by atoms with van der Waals surface area (Å²) >= 11 is 0. The number of amides is 1. The van der Waals surface area contributed by atoms with Crippen LogP contribution in [0.15, 0.2) is 16.0 Å². The lowest BCUT2D eigenvalue weighted by Crippen LogP contribution is -2.24. The van der Waals surface area contributed by atoms with Crippen molar-refractivity contribution in [3.05, 3.63) is 11.0 Å². The van der Waals surface area contributed by atoms with Crippen LogP contribution in [0.2, 0.25) is 0 Å². The SMILES string of the molecule is CCOC(=O)C1CC2C(=O)N=C(C(C)C)C=C2S1=N. The Morgan fingerprint density at radius 1 is 1.63 bits per heavy atom. The summed E-state index contributed by atoms with van der Waals surface area (Å²) in [6.07, 6.45) is 2.21. The predicted molar refractivity (Wildman–Crippen MR) is 74.0 cm³/mol. The van der Waals surface area contributed by atoms with Gasteiger partial charge in [-0.25, -0.2) is 4.99 Å². The lowest BCUT2D eigenvalue weighted by atomic mass is 9.96. The van der Waals surface area contributed by atoms with E-state index in [1.165, 1.54) is 0 Å². The second-order valence-corrected chi connectivity index (χ2v) is 6.66. The molecule has 19 heavy (non-hydrogen) atoms. The van der Waals surface area contributed by atoms with Crippen LogP contribution in [0.4, 0.5) is 0 Å². The van der Waals surface area contributed by atoms with Gasteiger partial charge in [0, 0.05) is 10.6 Å². The molecule has 6 heteroatoms. The summed E-state index contributed by atoms with van der Waals surface area (Å²) in [5, 5.41) is -0.512. The standard InChI is InChI=1S/C13H18N2O3S/c1-4-18-13(17)11-5-8-10(19(11)14)6-9(7(2)3)15-12(8)16/h6-8,11,14H,4-5H2,1-3H3. The van der Waals surface area contributed by atoms with Crippen LogP contribution >= 0.6 is 0 Å². The molecule has 0 aromatic carbocycles. The van der Waals surface area contributed by atoms with Gasteiger partial charge in [-0.05, 0) is 25.3 Å². The minimum Gasteiger partial charge on any atom is -0.465 e. The first kappa shape index (κ1) is 14.1. The number of ether oxygens (including phenoxy) is 1. The highest BCUT2D eigenvalue weighted by Gasteiger charge is 2.44. The van der Waals surface area contributed by atoms with E-state index in [1.54, 1.807) is 6.92 Å². The highest BCUT2D eigenvalue weighted by molar-refractivity contribution is 7.91. The van der Waals surface area contributed by atoms with Crippen molar-refractivity contribution in [2.75, 3.05) is 6.61 Å². The van der Waals surface area contributed by atoms with Gasteiger partial charge in [-0.1, -0.05) is 24.5 Å². The Labute approximate surface area is 115 Å². The number of dihydropyridines is 1. The molecule has 5 nitrogen and oxygen atoms in total. The Balaban J connectivity index is 2.28. The average Bonchev–Trinajstić information content (AvgIpc) is 2.68. The van der Waals surface area contributed by atoms with Gasteiger partial charge in [0.25, 0.3) is 5.91 Å². The van der Waals surface area contributed by atoms with Crippen molar-refractivity contribution in [3.63, 3.8) is 0 Å². The summed E-state index contributed by atoms with van der Waals surface area (Å²) in [7, 11) is -0.982. The van der Waals surface area contributed by atoms with Crippen molar-refractivity contribution in [2.45, 2.75) is 32.4 Å². The van der Waals surface area contributed by atoms with Gasteiger partial charge in [-0.2, -0.15) is 0 Å². The van der Waals surface area contributed by atoms with Crippen LogP contribution in [-0.4, -0.2) is 29.4 Å². The maximum Gasteiger partial charge on any atom is 0.320 e. The van der Waals surface area contributed by atoms with Gasteiger partial charge >= 0.3 is 5.97 Å². The Kier molecular flexibility index (Phi) is 3.99. The van der Waals surface area contributed by atoms with Gasteiger partial charge in [-0.3, -0.25) is 14.4 Å². The second-order valence-electron chi connectivity index (χ2n) is 4.94. The number of hydrogen-bond donors (Lipinski definition) is 1. The zero-order valence-electron chi connectivity index (χ0n) is 11.3. The van der Waals surface area contributed by atoms with Gasteiger partial charge in [0.05, 0.1) is 12.5 Å². The van der Waals surface area contributed by atoms with E-state index in [-0.39, 0.29) is 17.8 Å². The van der Waals surface area contributed by atoms with E-state index in [4.69, 9.17) is 9.52 Å². The lowest BCUT2D eigenvalue weighted by Gasteiger charge is -2.16. The van der Waals surface area contributed by atoms with Gasteiger partial charge < -0.3 is 4.74 Å². The molecule has 2 aliphatic heterocycles. The molecule has 0 aromatic rings. The maximum atomic E-state index is 12.0. The van der Waals surface area contributed by atoms with Gasteiger partial charge in [0.2, 0.25) is 0 Å². The third-order valence-electron chi connectivity index (χ3n) is 3.30. The van der Waals surface area contributed by atoms with E-state index >= 15 is 0 Å². The molecule has 0 radical (unpaired) electrons. The minimum atomic E-state index is -0.982. The van der Waals surface area contributed by atoms with Crippen molar-refractivity contribution < 1.29 is 14.3 Å². The number of carbonyl (C=O) groups excluding carboxylic acids is 2. The smallest absolute Gasteiger partial charge is 0.320 e. The third kappa shape index (κ3) is 2.54. The van der Waals surface area contributed by atoms with Crippen LogP contribution in [0, 0.1) is 16.6 Å². The topological polar surface area (TPSA) is 79.6 Å². The average molecular weight is 282 g/mol. The maximum absolute atomic E-state index is 12.0. The molecule has 1 saturated heterocycles. The van der Waals surface area contributed by atoms with Gasteiger partial charge in [0.1, 0.15) is 5.25 Å². The summed E-state index contributed by atoms with van der Waals surface area (Å²) in [6, 6.07) is 0. The van der Waals surface area contributed by atoms with Crippen LogP contribution < -0.4 is 0 Å². The third-order valence-corrected chi connectivity index (χ3v) is 5.16. The molecule has 104 valence electrons. The predicted octanol–water partition coefficient (Wildman–Crippen LogP) is 1.84.